The number of nitrogens with zero attached hydrogens (tertiary/aromatic N) is 2. The molecule has 0 radical (unpaired) electrons. The molecule has 0 unspecified atom stereocenters. The van der Waals surface area contributed by atoms with Crippen LogP contribution in [0.5, 0.6) is 0 Å². The van der Waals surface area contributed by atoms with Gasteiger partial charge >= 0.3 is 12.0 Å². The number of nitriles is 1. The first-order valence-corrected chi connectivity index (χ1v) is 9.65. The third-order valence-corrected chi connectivity index (χ3v) is 4.28. The average molecular weight is 390 g/mol. The van der Waals surface area contributed by atoms with Crippen LogP contribution in [0.1, 0.15) is 61.1 Å². The molecule has 3 amide bonds. The molecule has 2 rings (SSSR count). The Morgan fingerprint density at radius 2 is 2.04 bits per heavy atom. The molecule has 1 aromatic heterocycles. The monoisotopic (exact) mass is 390 g/mol. The Hall–Kier alpha value is -2.60. The summed E-state index contributed by atoms with van der Waals surface area (Å²) in [4.78, 5) is 40.3. The fraction of sp³-hybridized carbons (Fsp3) is 0.500. The first-order chi connectivity index (χ1) is 12.6. The zero-order valence-corrected chi connectivity index (χ0v) is 16.5. The Labute approximate surface area is 162 Å². The predicted molar refractivity (Wildman–Crippen MR) is 99.4 cm³/mol. The van der Waals surface area contributed by atoms with Gasteiger partial charge in [0, 0.05) is 17.2 Å². The molecule has 1 aromatic rings. The van der Waals surface area contributed by atoms with Crippen molar-refractivity contribution in [3.63, 3.8) is 0 Å². The summed E-state index contributed by atoms with van der Waals surface area (Å²) >= 11 is 1.28. The van der Waals surface area contributed by atoms with Gasteiger partial charge in [0.25, 0.3) is 5.91 Å². The van der Waals surface area contributed by atoms with Gasteiger partial charge in [-0.05, 0) is 45.9 Å². The van der Waals surface area contributed by atoms with Crippen LogP contribution >= 0.6 is 11.8 Å². The lowest BCUT2D eigenvalue weighted by Crippen LogP contribution is -2.49. The van der Waals surface area contributed by atoms with Crippen LogP contribution in [0.25, 0.3) is 0 Å². The van der Waals surface area contributed by atoms with Crippen molar-refractivity contribution in [3.05, 3.63) is 22.9 Å². The first-order valence-electron chi connectivity index (χ1n) is 8.42. The highest BCUT2D eigenvalue weighted by molar-refractivity contribution is 7.98. The molecule has 27 heavy (non-hydrogen) atoms. The highest BCUT2D eigenvalue weighted by Gasteiger charge is 2.29. The zero-order chi connectivity index (χ0) is 20.2. The fourth-order valence-electron chi connectivity index (χ4n) is 2.29. The van der Waals surface area contributed by atoms with Crippen molar-refractivity contribution in [1.29, 1.82) is 5.26 Å². The van der Waals surface area contributed by atoms with E-state index in [1.54, 1.807) is 33.1 Å². The van der Waals surface area contributed by atoms with Gasteiger partial charge < -0.3 is 10.1 Å². The van der Waals surface area contributed by atoms with E-state index in [4.69, 9.17) is 4.74 Å². The van der Waals surface area contributed by atoms with Crippen LogP contribution in [0.4, 0.5) is 4.79 Å². The predicted octanol–water partition coefficient (Wildman–Crippen LogP) is 2.33. The van der Waals surface area contributed by atoms with Crippen molar-refractivity contribution < 1.29 is 19.1 Å². The molecule has 0 bridgehead atoms. The Morgan fingerprint density at radius 3 is 2.56 bits per heavy atom. The number of hydrogen-bond acceptors (Lipinski definition) is 7. The molecule has 0 saturated heterocycles. The number of imide groups is 1. The average Bonchev–Trinajstić information content (AvgIpc) is 3.41. The summed E-state index contributed by atoms with van der Waals surface area (Å²) in [6.07, 6.45) is 3.76. The van der Waals surface area contributed by atoms with Gasteiger partial charge in [0.15, 0.2) is 6.61 Å². The van der Waals surface area contributed by atoms with Crippen LogP contribution in [0.15, 0.2) is 11.1 Å². The van der Waals surface area contributed by atoms with Crippen LogP contribution < -0.4 is 10.6 Å². The minimum absolute atomic E-state index is 0.0886. The number of hydrogen-bond donors (Lipinski definition) is 2. The van der Waals surface area contributed by atoms with Gasteiger partial charge in [0.1, 0.15) is 11.1 Å². The summed E-state index contributed by atoms with van der Waals surface area (Å²) < 4.78 is 5.00. The minimum Gasteiger partial charge on any atom is -0.452 e. The van der Waals surface area contributed by atoms with Crippen LogP contribution in [0.3, 0.4) is 0 Å². The van der Waals surface area contributed by atoms with E-state index < -0.39 is 30.1 Å². The summed E-state index contributed by atoms with van der Waals surface area (Å²) in [6, 6.07) is 2.86. The molecule has 8 nitrogen and oxygen atoms in total. The van der Waals surface area contributed by atoms with Crippen LogP contribution in [0.2, 0.25) is 0 Å². The summed E-state index contributed by atoms with van der Waals surface area (Å²) in [5.41, 5.74) is 0.459. The molecule has 1 heterocycles. The van der Waals surface area contributed by atoms with Gasteiger partial charge in [0.2, 0.25) is 0 Å². The molecule has 1 aliphatic rings. The maximum absolute atomic E-state index is 12.4. The summed E-state index contributed by atoms with van der Waals surface area (Å²) in [6.45, 7) is 4.68. The van der Waals surface area contributed by atoms with Crippen molar-refractivity contribution >= 4 is 29.7 Å². The van der Waals surface area contributed by atoms with E-state index >= 15 is 0 Å². The van der Waals surface area contributed by atoms with Crippen LogP contribution in [-0.2, 0) is 9.53 Å². The lowest BCUT2D eigenvalue weighted by Gasteiger charge is -2.20. The number of carbonyl (C=O) groups excluding carboxylic acids is 3. The van der Waals surface area contributed by atoms with Gasteiger partial charge in [-0.25, -0.2) is 14.6 Å². The van der Waals surface area contributed by atoms with E-state index in [-0.39, 0.29) is 11.1 Å². The second-order valence-electron chi connectivity index (χ2n) is 7.19. The Balaban J connectivity index is 2.05. The molecule has 9 heteroatoms. The largest absolute Gasteiger partial charge is 0.452 e. The Kier molecular flexibility index (Phi) is 6.44. The summed E-state index contributed by atoms with van der Waals surface area (Å²) in [5, 5.41) is 14.5. The minimum atomic E-state index is -0.794. The number of rotatable bonds is 5. The van der Waals surface area contributed by atoms with Crippen molar-refractivity contribution in [3.8, 4) is 6.07 Å². The van der Waals surface area contributed by atoms with Gasteiger partial charge in [-0.15, -0.1) is 11.8 Å². The highest BCUT2D eigenvalue weighted by Crippen LogP contribution is 2.40. The number of ether oxygens (including phenoxy) is 1. The number of nitrogens with one attached hydrogen (secondary N) is 2. The Bertz CT molecular complexity index is 807. The number of aromatic nitrogens is 1. The van der Waals surface area contributed by atoms with Crippen molar-refractivity contribution in [2.75, 3.05) is 12.9 Å². The van der Waals surface area contributed by atoms with Gasteiger partial charge in [-0.1, -0.05) is 0 Å². The molecule has 1 fully saturated rings. The molecule has 1 saturated carbocycles. The second-order valence-corrected chi connectivity index (χ2v) is 7.99. The molecule has 0 aromatic carbocycles. The lowest BCUT2D eigenvalue weighted by atomic mass is 10.1. The van der Waals surface area contributed by atoms with Gasteiger partial charge in [0.05, 0.1) is 11.1 Å². The maximum Gasteiger partial charge on any atom is 0.340 e. The smallest absolute Gasteiger partial charge is 0.340 e. The van der Waals surface area contributed by atoms with Crippen molar-refractivity contribution in [1.82, 2.24) is 15.6 Å². The second kappa shape index (κ2) is 8.39. The van der Waals surface area contributed by atoms with E-state index in [9.17, 15) is 19.6 Å². The molecular weight excluding hydrogens is 368 g/mol. The van der Waals surface area contributed by atoms with E-state index in [1.807, 2.05) is 6.07 Å². The van der Waals surface area contributed by atoms with Gasteiger partial charge in [-0.3, -0.25) is 10.1 Å². The Morgan fingerprint density at radius 1 is 1.37 bits per heavy atom. The zero-order valence-electron chi connectivity index (χ0n) is 15.7. The molecule has 0 spiro atoms. The van der Waals surface area contributed by atoms with Crippen LogP contribution in [-0.4, -0.2) is 41.3 Å². The van der Waals surface area contributed by atoms with E-state index in [2.05, 4.69) is 15.6 Å². The van der Waals surface area contributed by atoms with Gasteiger partial charge in [-0.2, -0.15) is 5.26 Å². The number of pyridine rings is 1. The highest BCUT2D eigenvalue weighted by atomic mass is 32.2. The van der Waals surface area contributed by atoms with Crippen LogP contribution in [0, 0.1) is 11.3 Å². The first kappa shape index (κ1) is 20.7. The molecular formula is C18H22N4O4S. The maximum atomic E-state index is 12.4. The number of carbonyl (C=O) groups is 3. The van der Waals surface area contributed by atoms with E-state index in [0.717, 1.165) is 18.5 Å². The molecule has 2 N–H and O–H groups in total. The number of amides is 3. The topological polar surface area (TPSA) is 121 Å². The lowest BCUT2D eigenvalue weighted by molar-refractivity contribution is -0.123. The molecule has 0 aliphatic heterocycles. The fourth-order valence-corrected chi connectivity index (χ4v) is 2.85. The number of thioether (sulfide) groups is 1. The number of esters is 1. The van der Waals surface area contributed by atoms with Crippen molar-refractivity contribution in [2.45, 2.75) is 50.1 Å². The quantitative estimate of drug-likeness (QED) is 0.584. The molecule has 0 atom stereocenters. The SMILES string of the molecule is CSc1nc(C2CC2)cc(C(=O)OCC(=O)NC(=O)NC(C)(C)C)c1C#N. The summed E-state index contributed by atoms with van der Waals surface area (Å²) in [7, 11) is 0. The molecule has 1 aliphatic carbocycles. The third kappa shape index (κ3) is 5.96. The number of urea groups is 1. The third-order valence-electron chi connectivity index (χ3n) is 3.60. The van der Waals surface area contributed by atoms with E-state index in [0.29, 0.717) is 10.9 Å². The van der Waals surface area contributed by atoms with Crippen molar-refractivity contribution in [2.24, 2.45) is 0 Å². The normalized spacial score (nSPS) is 13.4. The van der Waals surface area contributed by atoms with E-state index in [1.165, 1.54) is 11.8 Å². The summed E-state index contributed by atoms with van der Waals surface area (Å²) in [5.74, 6) is -1.26. The standard InChI is InChI=1S/C18H22N4O4S/c1-18(2,3)22-17(25)21-14(23)9-26-16(24)11-7-13(10-5-6-10)20-15(27-4)12(11)8-19/h7,10H,5-6,9H2,1-4H3,(H2,21,22,23,25). The molecule has 144 valence electrons.